The van der Waals surface area contributed by atoms with Crippen LogP contribution in [0.15, 0.2) is 4.52 Å². The molecule has 2 saturated heterocycles. The largest absolute Gasteiger partial charge is 0.338 e. The van der Waals surface area contributed by atoms with E-state index < -0.39 is 0 Å². The highest BCUT2D eigenvalue weighted by Gasteiger charge is 2.33. The fraction of sp³-hybridized carbons (Fsp3) is 0.867. The summed E-state index contributed by atoms with van der Waals surface area (Å²) in [5, 5.41) is 7.73. The summed E-state index contributed by atoms with van der Waals surface area (Å²) in [4.78, 5) is 7.06. The van der Waals surface area contributed by atoms with E-state index in [4.69, 9.17) is 4.52 Å². The summed E-state index contributed by atoms with van der Waals surface area (Å²) in [5.41, 5.74) is 0. The predicted molar refractivity (Wildman–Crippen MR) is 77.3 cm³/mol. The zero-order valence-electron chi connectivity index (χ0n) is 12.6. The van der Waals surface area contributed by atoms with Gasteiger partial charge in [-0.1, -0.05) is 19.0 Å². The van der Waals surface area contributed by atoms with E-state index >= 15 is 0 Å². The minimum absolute atomic E-state index is 0.572. The van der Waals surface area contributed by atoms with Gasteiger partial charge in [-0.05, 0) is 44.7 Å². The normalized spacial score (nSPS) is 27.8. The van der Waals surface area contributed by atoms with E-state index in [1.165, 1.54) is 32.2 Å². The molecule has 2 unspecified atom stereocenters. The van der Waals surface area contributed by atoms with Crippen molar-refractivity contribution in [3.63, 3.8) is 0 Å². The molecule has 0 aromatic carbocycles. The van der Waals surface area contributed by atoms with Crippen LogP contribution in [0.1, 0.15) is 51.2 Å². The number of nitrogens with zero attached hydrogens (tertiary/aromatic N) is 3. The zero-order valence-corrected chi connectivity index (χ0v) is 12.6. The van der Waals surface area contributed by atoms with Crippen LogP contribution < -0.4 is 5.32 Å². The third-order valence-electron chi connectivity index (χ3n) is 4.42. The van der Waals surface area contributed by atoms with Crippen LogP contribution in [-0.4, -0.2) is 40.2 Å². The van der Waals surface area contributed by atoms with Crippen LogP contribution in [0, 0.1) is 5.92 Å². The molecule has 0 spiro atoms. The van der Waals surface area contributed by atoms with Crippen LogP contribution in [0.3, 0.4) is 0 Å². The van der Waals surface area contributed by atoms with Gasteiger partial charge in [-0.2, -0.15) is 4.98 Å². The first kappa shape index (κ1) is 14.0. The molecule has 3 heterocycles. The molecule has 112 valence electrons. The molecule has 3 rings (SSSR count). The van der Waals surface area contributed by atoms with Crippen molar-refractivity contribution < 1.29 is 4.52 Å². The number of aromatic nitrogens is 2. The molecule has 1 N–H and O–H groups in total. The first-order valence-electron chi connectivity index (χ1n) is 8.01. The fourth-order valence-corrected chi connectivity index (χ4v) is 3.52. The lowest BCUT2D eigenvalue weighted by Crippen LogP contribution is -2.43. The Hall–Kier alpha value is -0.940. The van der Waals surface area contributed by atoms with E-state index in [2.05, 4.69) is 34.2 Å². The molecule has 2 aliphatic rings. The standard InChI is InChI=1S/C15H26N4O/c1-11(2)9-14-17-15(20-18-14)10-19-8-4-6-13(19)12-5-3-7-16-12/h11-13,16H,3-10H2,1-2H3. The Labute approximate surface area is 121 Å². The van der Waals surface area contributed by atoms with Crippen molar-refractivity contribution in [3.8, 4) is 0 Å². The second kappa shape index (κ2) is 6.22. The number of rotatable bonds is 5. The number of nitrogens with one attached hydrogen (secondary N) is 1. The van der Waals surface area contributed by atoms with E-state index in [9.17, 15) is 0 Å². The molecule has 0 aliphatic carbocycles. The Morgan fingerprint density at radius 3 is 3.00 bits per heavy atom. The van der Waals surface area contributed by atoms with Gasteiger partial charge >= 0.3 is 0 Å². The maximum Gasteiger partial charge on any atom is 0.240 e. The first-order valence-corrected chi connectivity index (χ1v) is 8.01. The predicted octanol–water partition coefficient (Wildman–Crippen LogP) is 1.98. The van der Waals surface area contributed by atoms with Gasteiger partial charge in [0.15, 0.2) is 5.82 Å². The average molecular weight is 278 g/mol. The zero-order chi connectivity index (χ0) is 13.9. The van der Waals surface area contributed by atoms with Crippen molar-refractivity contribution >= 4 is 0 Å². The summed E-state index contributed by atoms with van der Waals surface area (Å²) in [5.74, 6) is 2.21. The minimum Gasteiger partial charge on any atom is -0.338 e. The molecule has 0 bridgehead atoms. The first-order chi connectivity index (χ1) is 9.72. The summed E-state index contributed by atoms with van der Waals surface area (Å²) >= 11 is 0. The van der Waals surface area contributed by atoms with Crippen molar-refractivity contribution in [1.29, 1.82) is 0 Å². The molecule has 1 aromatic rings. The van der Waals surface area contributed by atoms with E-state index in [1.54, 1.807) is 0 Å². The number of likely N-dealkylation sites (tertiary alicyclic amines) is 1. The maximum atomic E-state index is 5.42. The van der Waals surface area contributed by atoms with Crippen molar-refractivity contribution in [2.24, 2.45) is 5.92 Å². The van der Waals surface area contributed by atoms with Gasteiger partial charge in [-0.15, -0.1) is 0 Å². The van der Waals surface area contributed by atoms with Crippen LogP contribution in [0.5, 0.6) is 0 Å². The molecule has 0 amide bonds. The molecule has 2 atom stereocenters. The van der Waals surface area contributed by atoms with Crippen LogP contribution in [0.2, 0.25) is 0 Å². The van der Waals surface area contributed by atoms with Gasteiger partial charge in [0.05, 0.1) is 6.54 Å². The second-order valence-electron chi connectivity index (χ2n) is 6.59. The highest BCUT2D eigenvalue weighted by atomic mass is 16.5. The lowest BCUT2D eigenvalue weighted by Gasteiger charge is -2.28. The Morgan fingerprint density at radius 1 is 1.35 bits per heavy atom. The molecular weight excluding hydrogens is 252 g/mol. The Bertz CT molecular complexity index is 425. The van der Waals surface area contributed by atoms with E-state index in [0.29, 0.717) is 18.0 Å². The van der Waals surface area contributed by atoms with Crippen LogP contribution in [-0.2, 0) is 13.0 Å². The van der Waals surface area contributed by atoms with E-state index in [0.717, 1.165) is 31.2 Å². The smallest absolute Gasteiger partial charge is 0.240 e. The topological polar surface area (TPSA) is 54.2 Å². The van der Waals surface area contributed by atoms with Gasteiger partial charge in [-0.3, -0.25) is 4.90 Å². The SMILES string of the molecule is CC(C)Cc1noc(CN2CCCC2C2CCCN2)n1. The fourth-order valence-electron chi connectivity index (χ4n) is 3.52. The van der Waals surface area contributed by atoms with Gasteiger partial charge < -0.3 is 9.84 Å². The number of hydrogen-bond donors (Lipinski definition) is 1. The van der Waals surface area contributed by atoms with Crippen molar-refractivity contribution in [1.82, 2.24) is 20.4 Å². The van der Waals surface area contributed by atoms with E-state index in [-0.39, 0.29) is 0 Å². The monoisotopic (exact) mass is 278 g/mol. The van der Waals surface area contributed by atoms with Gasteiger partial charge in [0, 0.05) is 18.5 Å². The van der Waals surface area contributed by atoms with Gasteiger partial charge in [0.1, 0.15) is 0 Å². The molecule has 5 heteroatoms. The molecule has 0 saturated carbocycles. The summed E-state index contributed by atoms with van der Waals surface area (Å²) in [6.07, 6.45) is 6.11. The molecule has 5 nitrogen and oxygen atoms in total. The summed E-state index contributed by atoms with van der Waals surface area (Å²) in [6, 6.07) is 1.31. The third kappa shape index (κ3) is 3.20. The summed E-state index contributed by atoms with van der Waals surface area (Å²) in [7, 11) is 0. The van der Waals surface area contributed by atoms with Gasteiger partial charge in [-0.25, -0.2) is 0 Å². The average Bonchev–Trinajstić information content (AvgIpc) is 3.10. The van der Waals surface area contributed by atoms with Crippen molar-refractivity contribution in [2.45, 2.75) is 64.6 Å². The summed E-state index contributed by atoms with van der Waals surface area (Å²) in [6.45, 7) is 7.50. The van der Waals surface area contributed by atoms with Crippen LogP contribution in [0.25, 0.3) is 0 Å². The van der Waals surface area contributed by atoms with Crippen molar-refractivity contribution in [3.05, 3.63) is 11.7 Å². The Kier molecular flexibility index (Phi) is 4.36. The van der Waals surface area contributed by atoms with E-state index in [1.807, 2.05) is 0 Å². The molecule has 1 aromatic heterocycles. The second-order valence-corrected chi connectivity index (χ2v) is 6.59. The Morgan fingerprint density at radius 2 is 2.25 bits per heavy atom. The lowest BCUT2D eigenvalue weighted by atomic mass is 10.0. The molecule has 2 fully saturated rings. The number of hydrogen-bond acceptors (Lipinski definition) is 5. The maximum absolute atomic E-state index is 5.42. The molecule has 0 radical (unpaired) electrons. The van der Waals surface area contributed by atoms with Crippen molar-refractivity contribution in [2.75, 3.05) is 13.1 Å². The molecular formula is C15H26N4O. The quantitative estimate of drug-likeness (QED) is 0.892. The lowest BCUT2D eigenvalue weighted by molar-refractivity contribution is 0.182. The third-order valence-corrected chi connectivity index (χ3v) is 4.42. The minimum atomic E-state index is 0.572. The summed E-state index contributed by atoms with van der Waals surface area (Å²) < 4.78 is 5.42. The van der Waals surface area contributed by atoms with Crippen LogP contribution >= 0.6 is 0 Å². The van der Waals surface area contributed by atoms with Gasteiger partial charge in [0.2, 0.25) is 5.89 Å². The van der Waals surface area contributed by atoms with Crippen LogP contribution in [0.4, 0.5) is 0 Å². The Balaban J connectivity index is 1.59. The molecule has 2 aliphatic heterocycles. The highest BCUT2D eigenvalue weighted by Crippen LogP contribution is 2.26. The highest BCUT2D eigenvalue weighted by molar-refractivity contribution is 4.95. The molecule has 20 heavy (non-hydrogen) atoms. The van der Waals surface area contributed by atoms with Gasteiger partial charge in [0.25, 0.3) is 0 Å².